The first kappa shape index (κ1) is 14.2. The molecular formula is C14H20BNO3. The Morgan fingerprint density at radius 3 is 2.32 bits per heavy atom. The molecule has 0 atom stereocenters. The normalized spacial score (nSPS) is 20.6. The van der Waals surface area contributed by atoms with Crippen molar-refractivity contribution in [3.8, 4) is 0 Å². The fourth-order valence-corrected chi connectivity index (χ4v) is 1.97. The smallest absolute Gasteiger partial charge is 0.398 e. The van der Waals surface area contributed by atoms with E-state index in [4.69, 9.17) is 9.31 Å². The molecule has 0 aliphatic carbocycles. The zero-order valence-corrected chi connectivity index (χ0v) is 12.2. The van der Waals surface area contributed by atoms with Gasteiger partial charge in [-0.25, -0.2) is 0 Å². The van der Waals surface area contributed by atoms with Crippen molar-refractivity contribution in [3.05, 3.63) is 23.4 Å². The maximum Gasteiger partial charge on any atom is 0.514 e. The van der Waals surface area contributed by atoms with Crippen molar-refractivity contribution in [2.24, 2.45) is 0 Å². The summed E-state index contributed by atoms with van der Waals surface area (Å²) in [5.41, 5.74) is 1.75. The zero-order valence-electron chi connectivity index (χ0n) is 12.2. The maximum atomic E-state index is 10.7. The van der Waals surface area contributed by atoms with E-state index in [1.54, 1.807) is 0 Å². The molecule has 1 aromatic rings. The van der Waals surface area contributed by atoms with Gasteiger partial charge in [-0.3, -0.25) is 4.98 Å². The number of carbonyl (C=O) groups excluding carboxylic acids is 1. The van der Waals surface area contributed by atoms with Crippen LogP contribution in [0.1, 0.15) is 39.0 Å². The molecule has 1 aliphatic rings. The van der Waals surface area contributed by atoms with Crippen molar-refractivity contribution in [1.82, 2.24) is 4.98 Å². The molecule has 102 valence electrons. The molecule has 0 bridgehead atoms. The number of pyridine rings is 1. The molecule has 4 nitrogen and oxygen atoms in total. The SMILES string of the molecule is Cc1ccc(B2OC(C)(C)C(C)(C)O2)nc1CC=O. The van der Waals surface area contributed by atoms with Crippen LogP contribution in [0.5, 0.6) is 0 Å². The second-order valence-corrected chi connectivity index (χ2v) is 5.96. The second-order valence-electron chi connectivity index (χ2n) is 5.96. The lowest BCUT2D eigenvalue weighted by Crippen LogP contribution is -2.41. The van der Waals surface area contributed by atoms with Crippen molar-refractivity contribution in [1.29, 1.82) is 0 Å². The predicted molar refractivity (Wildman–Crippen MR) is 74.5 cm³/mol. The van der Waals surface area contributed by atoms with Gasteiger partial charge in [0.15, 0.2) is 0 Å². The summed E-state index contributed by atoms with van der Waals surface area (Å²) in [6.45, 7) is 9.97. The summed E-state index contributed by atoms with van der Waals surface area (Å²) in [4.78, 5) is 15.2. The molecule has 2 heterocycles. The highest BCUT2D eigenvalue weighted by Gasteiger charge is 2.52. The van der Waals surface area contributed by atoms with E-state index in [0.717, 1.165) is 23.1 Å². The van der Waals surface area contributed by atoms with Crippen molar-refractivity contribution in [2.75, 3.05) is 0 Å². The molecule has 0 unspecified atom stereocenters. The van der Waals surface area contributed by atoms with Crippen molar-refractivity contribution < 1.29 is 14.1 Å². The van der Waals surface area contributed by atoms with Crippen LogP contribution in [0.2, 0.25) is 0 Å². The molecular weight excluding hydrogens is 241 g/mol. The third-order valence-corrected chi connectivity index (χ3v) is 3.99. The van der Waals surface area contributed by atoms with E-state index in [0.29, 0.717) is 6.42 Å². The van der Waals surface area contributed by atoms with E-state index in [9.17, 15) is 4.79 Å². The van der Waals surface area contributed by atoms with Crippen LogP contribution in [0.15, 0.2) is 12.1 Å². The summed E-state index contributed by atoms with van der Waals surface area (Å²) in [6.07, 6.45) is 1.18. The highest BCUT2D eigenvalue weighted by Crippen LogP contribution is 2.36. The van der Waals surface area contributed by atoms with Gasteiger partial charge in [-0.1, -0.05) is 6.07 Å². The standard InChI is InChI=1S/C14H20BNO3/c1-10-6-7-12(16-11(10)8-9-17)15-18-13(2,3)14(4,5)19-15/h6-7,9H,8H2,1-5H3. The van der Waals surface area contributed by atoms with Crippen molar-refractivity contribution in [3.63, 3.8) is 0 Å². The number of hydrogen-bond acceptors (Lipinski definition) is 4. The molecule has 0 amide bonds. The molecule has 0 spiro atoms. The van der Waals surface area contributed by atoms with Gasteiger partial charge in [-0.05, 0) is 46.2 Å². The summed E-state index contributed by atoms with van der Waals surface area (Å²) in [7, 11) is -0.476. The summed E-state index contributed by atoms with van der Waals surface area (Å²) < 4.78 is 11.9. The number of carbonyl (C=O) groups is 1. The third kappa shape index (κ3) is 2.58. The Hall–Kier alpha value is -1.20. The van der Waals surface area contributed by atoms with Crippen LogP contribution in [-0.2, 0) is 20.5 Å². The first-order valence-electron chi connectivity index (χ1n) is 6.52. The highest BCUT2D eigenvalue weighted by molar-refractivity contribution is 6.61. The minimum absolute atomic E-state index is 0.319. The molecule has 19 heavy (non-hydrogen) atoms. The van der Waals surface area contributed by atoms with E-state index < -0.39 is 7.12 Å². The Morgan fingerprint density at radius 2 is 1.79 bits per heavy atom. The lowest BCUT2D eigenvalue weighted by atomic mass is 9.83. The number of nitrogens with zero attached hydrogens (tertiary/aromatic N) is 1. The molecule has 0 radical (unpaired) electrons. The average molecular weight is 261 g/mol. The van der Waals surface area contributed by atoms with E-state index in [-0.39, 0.29) is 11.2 Å². The van der Waals surface area contributed by atoms with Gasteiger partial charge in [0.2, 0.25) is 0 Å². The first-order chi connectivity index (χ1) is 8.77. The van der Waals surface area contributed by atoms with Gasteiger partial charge in [0.25, 0.3) is 0 Å². The van der Waals surface area contributed by atoms with Crippen LogP contribution in [0.3, 0.4) is 0 Å². The summed E-state index contributed by atoms with van der Waals surface area (Å²) >= 11 is 0. The van der Waals surface area contributed by atoms with Crippen LogP contribution in [0.25, 0.3) is 0 Å². The van der Waals surface area contributed by atoms with Gasteiger partial charge in [-0.2, -0.15) is 0 Å². The zero-order chi connectivity index (χ0) is 14.3. The van der Waals surface area contributed by atoms with Gasteiger partial charge < -0.3 is 14.1 Å². The predicted octanol–water partition coefficient (Wildman–Crippen LogP) is 1.43. The molecule has 1 fully saturated rings. The lowest BCUT2D eigenvalue weighted by Gasteiger charge is -2.32. The first-order valence-corrected chi connectivity index (χ1v) is 6.52. The van der Waals surface area contributed by atoms with E-state index >= 15 is 0 Å². The Kier molecular flexibility index (Phi) is 3.54. The third-order valence-electron chi connectivity index (χ3n) is 3.99. The average Bonchev–Trinajstić information content (AvgIpc) is 2.51. The van der Waals surface area contributed by atoms with E-state index in [1.165, 1.54) is 0 Å². The largest absolute Gasteiger partial charge is 0.514 e. The van der Waals surface area contributed by atoms with Crippen molar-refractivity contribution in [2.45, 2.75) is 52.2 Å². The van der Waals surface area contributed by atoms with E-state index in [1.807, 2.05) is 46.8 Å². The fourth-order valence-electron chi connectivity index (χ4n) is 1.97. The number of hydrogen-bond donors (Lipinski definition) is 0. The summed E-state index contributed by atoms with van der Waals surface area (Å²) in [6, 6.07) is 3.85. The lowest BCUT2D eigenvalue weighted by molar-refractivity contribution is -0.107. The van der Waals surface area contributed by atoms with Crippen LogP contribution in [0, 0.1) is 6.92 Å². The Bertz CT molecular complexity index is 483. The molecule has 0 aromatic carbocycles. The van der Waals surface area contributed by atoms with Crippen LogP contribution in [0.4, 0.5) is 0 Å². The van der Waals surface area contributed by atoms with Gasteiger partial charge >= 0.3 is 7.12 Å². The number of rotatable bonds is 3. The monoisotopic (exact) mass is 261 g/mol. The molecule has 0 N–H and O–H groups in total. The number of aldehydes is 1. The fraction of sp³-hybridized carbons (Fsp3) is 0.571. The maximum absolute atomic E-state index is 10.7. The minimum Gasteiger partial charge on any atom is -0.398 e. The van der Waals surface area contributed by atoms with Crippen LogP contribution < -0.4 is 5.59 Å². The Morgan fingerprint density at radius 1 is 1.21 bits per heavy atom. The Balaban J connectivity index is 2.29. The van der Waals surface area contributed by atoms with Gasteiger partial charge in [0.05, 0.1) is 16.8 Å². The number of aryl methyl sites for hydroxylation is 1. The van der Waals surface area contributed by atoms with E-state index in [2.05, 4.69) is 4.98 Å². The molecule has 0 saturated carbocycles. The minimum atomic E-state index is -0.476. The van der Waals surface area contributed by atoms with Gasteiger partial charge in [0.1, 0.15) is 6.29 Å². The van der Waals surface area contributed by atoms with Gasteiger partial charge in [0, 0.05) is 12.1 Å². The second kappa shape index (κ2) is 4.73. The van der Waals surface area contributed by atoms with Crippen molar-refractivity contribution >= 4 is 19.0 Å². The Labute approximate surface area is 114 Å². The molecule has 1 aromatic heterocycles. The summed E-state index contributed by atoms with van der Waals surface area (Å²) in [5, 5.41) is 0. The highest BCUT2D eigenvalue weighted by atomic mass is 16.7. The summed E-state index contributed by atoms with van der Waals surface area (Å²) in [5.74, 6) is 0. The quantitative estimate of drug-likeness (QED) is 0.610. The topological polar surface area (TPSA) is 48.4 Å². The van der Waals surface area contributed by atoms with Crippen LogP contribution in [-0.4, -0.2) is 29.6 Å². The van der Waals surface area contributed by atoms with Crippen LogP contribution >= 0.6 is 0 Å². The molecule has 5 heteroatoms. The molecule has 1 saturated heterocycles. The number of aromatic nitrogens is 1. The van der Waals surface area contributed by atoms with Gasteiger partial charge in [-0.15, -0.1) is 0 Å². The molecule has 1 aliphatic heterocycles. The molecule has 2 rings (SSSR count).